The maximum absolute atomic E-state index is 10.9. The summed E-state index contributed by atoms with van der Waals surface area (Å²) in [7, 11) is -8.43. The zero-order valence-corrected chi connectivity index (χ0v) is 10.5. The molecule has 7 nitrogen and oxygen atoms in total. The van der Waals surface area contributed by atoms with E-state index in [4.69, 9.17) is 19.6 Å². The van der Waals surface area contributed by atoms with E-state index in [1.165, 1.54) is 7.05 Å². The van der Waals surface area contributed by atoms with Crippen LogP contribution < -0.4 is 0 Å². The first-order chi connectivity index (χ1) is 5.98. The molecule has 10 heteroatoms. The third-order valence-electron chi connectivity index (χ3n) is 1.78. The molecule has 0 saturated heterocycles. The molecule has 0 fully saturated rings. The zero-order valence-electron chi connectivity index (χ0n) is 8.68. The Balaban J connectivity index is 0. The van der Waals surface area contributed by atoms with Crippen molar-refractivity contribution in [3.8, 4) is 0 Å². The van der Waals surface area contributed by atoms with Crippen molar-refractivity contribution in [1.82, 2.24) is 4.90 Å². The monoisotopic (exact) mass is 258 g/mol. The van der Waals surface area contributed by atoms with Crippen molar-refractivity contribution in [2.45, 2.75) is 25.4 Å². The molecule has 89 valence electrons. The fourth-order valence-corrected chi connectivity index (χ4v) is 3.99. The van der Waals surface area contributed by atoms with Crippen molar-refractivity contribution >= 4 is 23.6 Å². The lowest BCUT2D eigenvalue weighted by Crippen LogP contribution is -2.36. The van der Waals surface area contributed by atoms with Crippen LogP contribution in [0.5, 0.6) is 0 Å². The molecule has 0 unspecified atom stereocenters. The van der Waals surface area contributed by atoms with Crippen LogP contribution in [0.4, 0.5) is 0 Å². The molecule has 0 saturated carbocycles. The smallest absolute Gasteiger partial charge is 0.323 e. The molecular weight excluding hydrogens is 243 g/mol. The van der Waals surface area contributed by atoms with Gasteiger partial charge in [0.15, 0.2) is 0 Å². The van der Waals surface area contributed by atoms with E-state index in [2.05, 4.69) is 0 Å². The normalized spacial score (nSPS) is 13.5. The van der Waals surface area contributed by atoms with Crippen LogP contribution in [0.25, 0.3) is 0 Å². The Hall–Kier alpha value is 0.325. The van der Waals surface area contributed by atoms with Crippen LogP contribution in [-0.2, 0) is 9.13 Å². The lowest BCUT2D eigenvalue weighted by molar-refractivity contribution is 0.224. The van der Waals surface area contributed by atoms with Gasteiger partial charge in [-0.3, -0.25) is 14.0 Å². The van der Waals surface area contributed by atoms with Crippen molar-refractivity contribution in [2.75, 3.05) is 7.05 Å². The number of rotatable bonds is 4. The van der Waals surface area contributed by atoms with Crippen LogP contribution in [0.1, 0.15) is 13.8 Å². The zero-order chi connectivity index (χ0) is 11.7. The van der Waals surface area contributed by atoms with Crippen LogP contribution in [0.15, 0.2) is 0 Å². The Labute approximate surface area is 90.4 Å². The highest BCUT2D eigenvalue weighted by atomic mass is 31.2. The Morgan fingerprint density at radius 2 is 1.27 bits per heavy atom. The molecule has 0 rings (SSSR count). The van der Waals surface area contributed by atoms with E-state index in [1.807, 2.05) is 0 Å². The Kier molecular flexibility index (Phi) is 6.60. The lowest BCUT2D eigenvalue weighted by atomic mass is 10.4. The summed E-state index contributed by atoms with van der Waals surface area (Å²) >= 11 is 0. The van der Waals surface area contributed by atoms with E-state index in [0.717, 1.165) is 4.90 Å². The maximum atomic E-state index is 10.9. The van der Waals surface area contributed by atoms with Crippen LogP contribution in [0.2, 0.25) is 0 Å². The summed E-state index contributed by atoms with van der Waals surface area (Å²) in [6, 6.07) is -0.375. The predicted octanol–water partition coefficient (Wildman–Crippen LogP) is -0.415. The molecule has 0 aliphatic heterocycles. The average molecular weight is 258 g/mol. The molecule has 0 spiro atoms. The summed E-state index contributed by atoms with van der Waals surface area (Å²) in [5.41, 5.74) is -2.06. The van der Waals surface area contributed by atoms with E-state index in [1.54, 1.807) is 13.8 Å². The molecular formula is C5H15BNO6P2. The van der Waals surface area contributed by atoms with Gasteiger partial charge in [0.2, 0.25) is 5.52 Å². The van der Waals surface area contributed by atoms with Gasteiger partial charge >= 0.3 is 15.2 Å². The second kappa shape index (κ2) is 5.59. The Morgan fingerprint density at radius 1 is 1.00 bits per heavy atom. The van der Waals surface area contributed by atoms with E-state index in [0.29, 0.717) is 0 Å². The second-order valence-electron chi connectivity index (χ2n) is 3.28. The first-order valence-electron chi connectivity index (χ1n) is 3.80. The standard InChI is InChI=1S/C5H15NO6P2.B/c1-4(2)6(3)5(13(7,8)9)14(10,11)12;/h4-5H,1-3H3,(H2,7,8,9)(H2,10,11,12);. The van der Waals surface area contributed by atoms with Gasteiger partial charge in [-0.05, 0) is 20.9 Å². The van der Waals surface area contributed by atoms with E-state index in [9.17, 15) is 9.13 Å². The number of hydrogen-bond donors (Lipinski definition) is 4. The van der Waals surface area contributed by atoms with E-state index < -0.39 is 20.7 Å². The third-order valence-corrected chi connectivity index (χ3v) is 5.52. The molecule has 0 heterocycles. The summed E-state index contributed by atoms with van der Waals surface area (Å²) in [6.45, 7) is 3.16. The SMILES string of the molecule is CC(C)N(C)C(P(=O)(O)O)P(=O)(O)O.[B]. The molecule has 0 aliphatic carbocycles. The molecule has 0 aliphatic rings. The first kappa shape index (κ1) is 17.7. The van der Waals surface area contributed by atoms with Crippen molar-refractivity contribution in [2.24, 2.45) is 0 Å². The highest BCUT2D eigenvalue weighted by molar-refractivity contribution is 7.70. The third kappa shape index (κ3) is 5.27. The number of nitrogens with zero attached hydrogens (tertiary/aromatic N) is 1. The van der Waals surface area contributed by atoms with Crippen molar-refractivity contribution < 1.29 is 28.7 Å². The van der Waals surface area contributed by atoms with Crippen molar-refractivity contribution in [3.63, 3.8) is 0 Å². The summed E-state index contributed by atoms with van der Waals surface area (Å²) in [4.78, 5) is 36.2. The maximum Gasteiger partial charge on any atom is 0.354 e. The van der Waals surface area contributed by atoms with Gasteiger partial charge in [-0.25, -0.2) is 0 Å². The van der Waals surface area contributed by atoms with Gasteiger partial charge in [0.25, 0.3) is 0 Å². The average Bonchev–Trinajstić information content (AvgIpc) is 1.79. The van der Waals surface area contributed by atoms with Gasteiger partial charge < -0.3 is 19.6 Å². The van der Waals surface area contributed by atoms with Gasteiger partial charge in [-0.1, -0.05) is 0 Å². The van der Waals surface area contributed by atoms with E-state index in [-0.39, 0.29) is 14.5 Å². The van der Waals surface area contributed by atoms with Crippen molar-refractivity contribution in [1.29, 1.82) is 0 Å². The fourth-order valence-electron chi connectivity index (χ4n) is 0.937. The van der Waals surface area contributed by atoms with Crippen LogP contribution >= 0.6 is 15.2 Å². The van der Waals surface area contributed by atoms with Gasteiger partial charge in [0, 0.05) is 14.5 Å². The topological polar surface area (TPSA) is 118 Å². The minimum atomic E-state index is -4.84. The van der Waals surface area contributed by atoms with Crippen LogP contribution in [-0.4, -0.2) is 51.5 Å². The molecule has 0 atom stereocenters. The van der Waals surface area contributed by atoms with Crippen LogP contribution in [0, 0.1) is 0 Å². The van der Waals surface area contributed by atoms with Gasteiger partial charge in [-0.2, -0.15) is 0 Å². The molecule has 4 N–H and O–H groups in total. The first-order valence-corrected chi connectivity index (χ1v) is 7.16. The molecule has 0 aromatic carbocycles. The van der Waals surface area contributed by atoms with Gasteiger partial charge in [0.05, 0.1) is 0 Å². The summed E-state index contributed by atoms with van der Waals surface area (Å²) in [5.74, 6) is 0. The quantitative estimate of drug-likeness (QED) is 0.399. The van der Waals surface area contributed by atoms with Crippen molar-refractivity contribution in [3.05, 3.63) is 0 Å². The van der Waals surface area contributed by atoms with Crippen LogP contribution in [0.3, 0.4) is 0 Å². The predicted molar refractivity (Wildman–Crippen MR) is 56.5 cm³/mol. The molecule has 0 aromatic heterocycles. The summed E-state index contributed by atoms with van der Waals surface area (Å²) in [5, 5.41) is 0. The molecule has 0 aromatic rings. The van der Waals surface area contributed by atoms with Gasteiger partial charge in [0.1, 0.15) is 0 Å². The summed E-state index contributed by atoms with van der Waals surface area (Å²) < 4.78 is 21.8. The molecule has 0 bridgehead atoms. The molecule has 0 amide bonds. The summed E-state index contributed by atoms with van der Waals surface area (Å²) in [6.07, 6.45) is 0. The minimum Gasteiger partial charge on any atom is -0.323 e. The Bertz CT molecular complexity index is 263. The molecule has 15 heavy (non-hydrogen) atoms. The highest BCUT2D eigenvalue weighted by Gasteiger charge is 2.46. The van der Waals surface area contributed by atoms with E-state index >= 15 is 0 Å². The minimum absolute atomic E-state index is 0. The van der Waals surface area contributed by atoms with Gasteiger partial charge in [-0.15, -0.1) is 0 Å². The lowest BCUT2D eigenvalue weighted by Gasteiger charge is -2.31. The largest absolute Gasteiger partial charge is 0.354 e. The highest BCUT2D eigenvalue weighted by Crippen LogP contribution is 2.61. The second-order valence-corrected chi connectivity index (χ2v) is 7.03. The molecule has 3 radical (unpaired) electrons. The number of hydrogen-bond acceptors (Lipinski definition) is 3. The Morgan fingerprint density at radius 3 is 1.33 bits per heavy atom. The fraction of sp³-hybridized carbons (Fsp3) is 1.00.